The van der Waals surface area contributed by atoms with Gasteiger partial charge in [-0.25, -0.2) is 4.57 Å². The summed E-state index contributed by atoms with van der Waals surface area (Å²) in [5, 5.41) is 0. The van der Waals surface area contributed by atoms with Crippen LogP contribution in [0.25, 0.3) is 22.4 Å². The number of nitrogens with zero attached hydrogens (tertiary/aromatic N) is 1. The Morgan fingerprint density at radius 1 is 0.667 bits per heavy atom. The Hall–Kier alpha value is -2.41. The van der Waals surface area contributed by atoms with Crippen LogP contribution in [0.4, 0.5) is 0 Å². The maximum Gasteiger partial charge on any atom is 0.212 e. The Morgan fingerprint density at radius 2 is 1.38 bits per heavy atom. The lowest BCUT2D eigenvalue weighted by Crippen LogP contribution is -2.31. The first-order valence-electron chi connectivity index (χ1n) is 8.53. The molecule has 1 heteroatoms. The molecule has 0 aliphatic carbocycles. The summed E-state index contributed by atoms with van der Waals surface area (Å²) >= 11 is 0. The Kier molecular flexibility index (Phi) is 4.28. The van der Waals surface area contributed by atoms with Crippen molar-refractivity contribution >= 4 is 0 Å². The van der Waals surface area contributed by atoms with E-state index in [0.717, 1.165) is 0 Å². The fourth-order valence-electron chi connectivity index (χ4n) is 3.54. The molecule has 3 rings (SSSR count). The molecule has 0 aliphatic heterocycles. The van der Waals surface area contributed by atoms with Crippen LogP contribution >= 0.6 is 0 Å². The molecule has 0 bridgehead atoms. The lowest BCUT2D eigenvalue weighted by molar-refractivity contribution is -0.660. The van der Waals surface area contributed by atoms with Gasteiger partial charge in [-0.2, -0.15) is 0 Å². The topological polar surface area (TPSA) is 3.88 Å². The van der Waals surface area contributed by atoms with Crippen LogP contribution in [0, 0.1) is 34.6 Å². The normalized spacial score (nSPS) is 10.9. The average Bonchev–Trinajstić information content (AvgIpc) is 2.53. The summed E-state index contributed by atoms with van der Waals surface area (Å²) in [6, 6.07) is 15.5. The van der Waals surface area contributed by atoms with Crippen molar-refractivity contribution in [1.82, 2.24) is 0 Å². The number of aromatic nitrogens is 1. The zero-order valence-electron chi connectivity index (χ0n) is 15.6. The van der Waals surface area contributed by atoms with Gasteiger partial charge in [0.05, 0.1) is 0 Å². The largest absolute Gasteiger partial charge is 0.212 e. The second-order valence-corrected chi connectivity index (χ2v) is 6.88. The van der Waals surface area contributed by atoms with Crippen molar-refractivity contribution in [3.05, 3.63) is 76.5 Å². The van der Waals surface area contributed by atoms with Crippen molar-refractivity contribution in [2.45, 2.75) is 34.6 Å². The van der Waals surface area contributed by atoms with E-state index >= 15 is 0 Å². The molecule has 0 N–H and O–H groups in total. The third kappa shape index (κ3) is 2.75. The number of rotatable bonds is 2. The van der Waals surface area contributed by atoms with Crippen LogP contribution in [0.5, 0.6) is 0 Å². The van der Waals surface area contributed by atoms with Gasteiger partial charge in [-0.05, 0) is 74.1 Å². The van der Waals surface area contributed by atoms with E-state index in [1.54, 1.807) is 0 Å². The van der Waals surface area contributed by atoms with Gasteiger partial charge in [0.15, 0.2) is 6.20 Å². The smallest absolute Gasteiger partial charge is 0.201 e. The third-order valence-corrected chi connectivity index (χ3v) is 5.11. The van der Waals surface area contributed by atoms with E-state index in [0.29, 0.717) is 0 Å². The standard InChI is InChI=1S/C23H26N/c1-15-9-7-8-10-20(15)23-16(2)11-12-21(19(23)5)22-13-17(3)18(4)14-24(22)6/h7-14H,1-6H3/q+1. The summed E-state index contributed by atoms with van der Waals surface area (Å²) in [4.78, 5) is 0. The summed E-state index contributed by atoms with van der Waals surface area (Å²) in [6.07, 6.45) is 2.22. The highest BCUT2D eigenvalue weighted by atomic mass is 14.9. The van der Waals surface area contributed by atoms with Crippen LogP contribution in [-0.2, 0) is 7.05 Å². The molecule has 0 radical (unpaired) electrons. The highest BCUT2D eigenvalue weighted by Gasteiger charge is 2.18. The number of hydrogen-bond acceptors (Lipinski definition) is 0. The van der Waals surface area contributed by atoms with Gasteiger partial charge in [0.2, 0.25) is 5.69 Å². The molecule has 0 amide bonds. The van der Waals surface area contributed by atoms with Gasteiger partial charge < -0.3 is 0 Å². The molecule has 0 saturated carbocycles. The zero-order valence-corrected chi connectivity index (χ0v) is 15.6. The first-order chi connectivity index (χ1) is 11.4. The van der Waals surface area contributed by atoms with E-state index in [1.165, 1.54) is 50.2 Å². The van der Waals surface area contributed by atoms with Crippen LogP contribution in [-0.4, -0.2) is 0 Å². The minimum atomic E-state index is 1.27. The van der Waals surface area contributed by atoms with Crippen LogP contribution < -0.4 is 4.57 Å². The Balaban J connectivity index is 2.28. The van der Waals surface area contributed by atoms with Gasteiger partial charge in [0, 0.05) is 17.2 Å². The summed E-state index contributed by atoms with van der Waals surface area (Å²) in [5.41, 5.74) is 11.9. The van der Waals surface area contributed by atoms with E-state index in [1.807, 2.05) is 0 Å². The molecule has 122 valence electrons. The van der Waals surface area contributed by atoms with E-state index in [4.69, 9.17) is 0 Å². The second kappa shape index (κ2) is 6.24. The Morgan fingerprint density at radius 3 is 2.08 bits per heavy atom. The molecule has 0 aliphatic rings. The van der Waals surface area contributed by atoms with Crippen LogP contribution in [0.2, 0.25) is 0 Å². The summed E-state index contributed by atoms with van der Waals surface area (Å²) in [6.45, 7) is 11.0. The molecular weight excluding hydrogens is 290 g/mol. The molecule has 1 aromatic heterocycles. The first kappa shape index (κ1) is 16.4. The summed E-state index contributed by atoms with van der Waals surface area (Å²) in [5.74, 6) is 0. The number of hydrogen-bond donors (Lipinski definition) is 0. The van der Waals surface area contributed by atoms with Crippen LogP contribution in [0.1, 0.15) is 27.8 Å². The molecule has 0 unspecified atom stereocenters. The molecule has 0 saturated heterocycles. The maximum absolute atomic E-state index is 2.30. The molecule has 24 heavy (non-hydrogen) atoms. The van der Waals surface area contributed by atoms with Crippen molar-refractivity contribution in [3.63, 3.8) is 0 Å². The van der Waals surface area contributed by atoms with Gasteiger partial charge in [-0.15, -0.1) is 0 Å². The predicted molar refractivity (Wildman–Crippen MR) is 102 cm³/mol. The van der Waals surface area contributed by atoms with Crippen molar-refractivity contribution < 1.29 is 4.57 Å². The fourth-order valence-corrected chi connectivity index (χ4v) is 3.54. The van der Waals surface area contributed by atoms with E-state index in [-0.39, 0.29) is 0 Å². The average molecular weight is 316 g/mol. The van der Waals surface area contributed by atoms with Gasteiger partial charge in [-0.3, -0.25) is 0 Å². The molecule has 1 heterocycles. The fraction of sp³-hybridized carbons (Fsp3) is 0.261. The van der Waals surface area contributed by atoms with Gasteiger partial charge in [0.1, 0.15) is 7.05 Å². The van der Waals surface area contributed by atoms with Crippen molar-refractivity contribution in [1.29, 1.82) is 0 Å². The molecule has 0 fully saturated rings. The molecule has 2 aromatic carbocycles. The SMILES string of the molecule is Cc1cc(-c2ccc(C)c(-c3ccccc3C)c2C)[n+](C)cc1C. The molecule has 3 aromatic rings. The van der Waals surface area contributed by atoms with E-state index < -0.39 is 0 Å². The molecule has 1 nitrogen and oxygen atoms in total. The van der Waals surface area contributed by atoms with Crippen LogP contribution in [0.3, 0.4) is 0 Å². The molecular formula is C23H26N+. The highest BCUT2D eigenvalue weighted by molar-refractivity contribution is 5.80. The minimum absolute atomic E-state index is 1.27. The summed E-state index contributed by atoms with van der Waals surface area (Å²) < 4.78 is 2.24. The predicted octanol–water partition coefficient (Wildman–Crippen LogP) is 5.39. The van der Waals surface area contributed by atoms with Gasteiger partial charge in [0.25, 0.3) is 0 Å². The Bertz CT molecular complexity index is 920. The number of aryl methyl sites for hydroxylation is 5. The number of pyridine rings is 1. The quantitative estimate of drug-likeness (QED) is 0.558. The number of benzene rings is 2. The first-order valence-corrected chi connectivity index (χ1v) is 8.53. The van der Waals surface area contributed by atoms with Crippen LogP contribution in [0.15, 0.2) is 48.7 Å². The third-order valence-electron chi connectivity index (χ3n) is 5.11. The van der Waals surface area contributed by atoms with E-state index in [2.05, 4.69) is 94.9 Å². The van der Waals surface area contributed by atoms with Crippen molar-refractivity contribution in [2.75, 3.05) is 0 Å². The van der Waals surface area contributed by atoms with Crippen molar-refractivity contribution in [3.8, 4) is 22.4 Å². The highest BCUT2D eigenvalue weighted by Crippen LogP contribution is 2.35. The minimum Gasteiger partial charge on any atom is -0.201 e. The summed E-state index contributed by atoms with van der Waals surface area (Å²) in [7, 11) is 2.13. The van der Waals surface area contributed by atoms with Gasteiger partial charge >= 0.3 is 0 Å². The lowest BCUT2D eigenvalue weighted by atomic mass is 9.88. The second-order valence-electron chi connectivity index (χ2n) is 6.88. The zero-order chi connectivity index (χ0) is 17.4. The lowest BCUT2D eigenvalue weighted by Gasteiger charge is -2.16. The van der Waals surface area contributed by atoms with E-state index in [9.17, 15) is 0 Å². The van der Waals surface area contributed by atoms with Gasteiger partial charge in [-0.1, -0.05) is 30.3 Å². The van der Waals surface area contributed by atoms with Crippen molar-refractivity contribution in [2.24, 2.45) is 7.05 Å². The monoisotopic (exact) mass is 316 g/mol. The maximum atomic E-state index is 2.30. The molecule has 0 atom stereocenters. The Labute approximate surface area is 145 Å². The molecule has 0 spiro atoms.